The molecule has 1 atom stereocenters. The number of amides is 1. The van der Waals surface area contributed by atoms with Gasteiger partial charge in [-0.25, -0.2) is 0 Å². The number of carbonyl (C=O) groups excluding carboxylic acids is 1. The van der Waals surface area contributed by atoms with Gasteiger partial charge in [-0.1, -0.05) is 12.1 Å². The molecule has 0 aliphatic carbocycles. The average molecular weight is 287 g/mol. The van der Waals surface area contributed by atoms with E-state index in [2.05, 4.69) is 5.32 Å². The van der Waals surface area contributed by atoms with E-state index in [1.165, 1.54) is 12.1 Å². The van der Waals surface area contributed by atoms with Gasteiger partial charge in [-0.3, -0.25) is 9.59 Å². The van der Waals surface area contributed by atoms with Crippen LogP contribution in [0.25, 0.3) is 0 Å². The topological polar surface area (TPSA) is 66.4 Å². The van der Waals surface area contributed by atoms with Gasteiger partial charge in [0.15, 0.2) is 0 Å². The first-order valence-electron chi connectivity index (χ1n) is 5.89. The van der Waals surface area contributed by atoms with E-state index in [1.807, 2.05) is 0 Å². The summed E-state index contributed by atoms with van der Waals surface area (Å²) in [6.07, 6.45) is -4.79. The van der Waals surface area contributed by atoms with Gasteiger partial charge in [0.2, 0.25) is 5.91 Å². The number of carboxylic acid groups (broad SMARTS) is 1. The second-order valence-corrected chi connectivity index (χ2v) is 4.88. The zero-order chi connectivity index (χ0) is 15.0. The van der Waals surface area contributed by atoms with Crippen LogP contribution in [0.3, 0.4) is 0 Å². The van der Waals surface area contributed by atoms with Gasteiger partial charge in [-0.05, 0) is 17.7 Å². The van der Waals surface area contributed by atoms with E-state index < -0.39 is 23.1 Å². The molecule has 4 nitrogen and oxygen atoms in total. The van der Waals surface area contributed by atoms with E-state index in [-0.39, 0.29) is 25.3 Å². The van der Waals surface area contributed by atoms with Crippen LogP contribution in [0, 0.1) is 0 Å². The van der Waals surface area contributed by atoms with Crippen molar-refractivity contribution in [3.05, 3.63) is 35.4 Å². The van der Waals surface area contributed by atoms with Crippen LogP contribution in [0.1, 0.15) is 24.0 Å². The fraction of sp³-hybridized carbons (Fsp3) is 0.385. The van der Waals surface area contributed by atoms with E-state index in [0.29, 0.717) is 5.56 Å². The van der Waals surface area contributed by atoms with Crippen molar-refractivity contribution in [2.24, 2.45) is 0 Å². The van der Waals surface area contributed by atoms with Crippen LogP contribution >= 0.6 is 0 Å². The summed E-state index contributed by atoms with van der Waals surface area (Å²) in [4.78, 5) is 22.3. The molecule has 1 aromatic carbocycles. The fourth-order valence-electron chi connectivity index (χ4n) is 2.43. The smallest absolute Gasteiger partial charge is 0.416 e. The SMILES string of the molecule is O=C(O)CC1(c2ccc(C(F)(F)F)cc2)CNC(=O)C1. The standard InChI is InChI=1S/C13H12F3NO3/c14-13(15,16)9-3-1-8(2-4-9)12(6-11(19)20)5-10(18)17-7-12/h1-4H,5-7H2,(H,17,18)(H,19,20). The van der Waals surface area contributed by atoms with Crippen molar-refractivity contribution in [3.8, 4) is 0 Å². The Hall–Kier alpha value is -2.05. The van der Waals surface area contributed by atoms with E-state index >= 15 is 0 Å². The monoisotopic (exact) mass is 287 g/mol. The van der Waals surface area contributed by atoms with Crippen LogP contribution in [0.4, 0.5) is 13.2 Å². The molecule has 2 N–H and O–H groups in total. The number of carboxylic acids is 1. The zero-order valence-electron chi connectivity index (χ0n) is 10.3. The Bertz CT molecular complexity index is 539. The molecule has 2 rings (SSSR count). The van der Waals surface area contributed by atoms with Gasteiger partial charge in [0.1, 0.15) is 0 Å². The molecule has 0 bridgehead atoms. The van der Waals surface area contributed by atoms with E-state index in [0.717, 1.165) is 12.1 Å². The van der Waals surface area contributed by atoms with Crippen molar-refractivity contribution < 1.29 is 27.9 Å². The lowest BCUT2D eigenvalue weighted by molar-refractivity contribution is -0.139. The molecule has 0 aromatic heterocycles. The summed E-state index contributed by atoms with van der Waals surface area (Å²) in [5.41, 5.74) is -1.36. The van der Waals surface area contributed by atoms with E-state index in [9.17, 15) is 22.8 Å². The Morgan fingerprint density at radius 2 is 1.90 bits per heavy atom. The first-order valence-corrected chi connectivity index (χ1v) is 5.89. The average Bonchev–Trinajstić information content (AvgIpc) is 2.70. The van der Waals surface area contributed by atoms with Gasteiger partial charge in [-0.15, -0.1) is 0 Å². The maximum atomic E-state index is 12.5. The Labute approximate surface area is 112 Å². The van der Waals surface area contributed by atoms with Gasteiger partial charge in [-0.2, -0.15) is 13.2 Å². The maximum Gasteiger partial charge on any atom is 0.416 e. The van der Waals surface area contributed by atoms with Crippen molar-refractivity contribution >= 4 is 11.9 Å². The predicted molar refractivity (Wildman–Crippen MR) is 63.0 cm³/mol. The quantitative estimate of drug-likeness (QED) is 0.892. The van der Waals surface area contributed by atoms with Crippen molar-refractivity contribution in [2.45, 2.75) is 24.4 Å². The Morgan fingerprint density at radius 1 is 1.30 bits per heavy atom. The minimum absolute atomic E-state index is 0.0370. The number of rotatable bonds is 3. The third-order valence-electron chi connectivity index (χ3n) is 3.44. The van der Waals surface area contributed by atoms with Crippen LogP contribution < -0.4 is 5.32 Å². The molecule has 1 saturated heterocycles. The molecule has 20 heavy (non-hydrogen) atoms. The lowest BCUT2D eigenvalue weighted by Gasteiger charge is -2.26. The molecule has 108 valence electrons. The molecule has 0 saturated carbocycles. The van der Waals surface area contributed by atoms with Crippen LogP contribution in [0.2, 0.25) is 0 Å². The highest BCUT2D eigenvalue weighted by atomic mass is 19.4. The lowest BCUT2D eigenvalue weighted by Crippen LogP contribution is -2.32. The minimum Gasteiger partial charge on any atom is -0.481 e. The number of carbonyl (C=O) groups is 2. The number of halogens is 3. The van der Waals surface area contributed by atoms with Gasteiger partial charge in [0.25, 0.3) is 0 Å². The molecule has 1 fully saturated rings. The van der Waals surface area contributed by atoms with E-state index in [1.54, 1.807) is 0 Å². The first-order chi connectivity index (χ1) is 9.23. The highest BCUT2D eigenvalue weighted by molar-refractivity contribution is 5.83. The summed E-state index contributed by atoms with van der Waals surface area (Å²) in [6.45, 7) is 0.115. The number of nitrogens with one attached hydrogen (secondary N) is 1. The van der Waals surface area contributed by atoms with Gasteiger partial charge < -0.3 is 10.4 Å². The molecular weight excluding hydrogens is 275 g/mol. The van der Waals surface area contributed by atoms with Crippen molar-refractivity contribution in [1.29, 1.82) is 0 Å². The van der Waals surface area contributed by atoms with Crippen LogP contribution in [-0.4, -0.2) is 23.5 Å². The van der Waals surface area contributed by atoms with E-state index in [4.69, 9.17) is 5.11 Å². The number of aliphatic carboxylic acids is 1. The van der Waals surface area contributed by atoms with Gasteiger partial charge >= 0.3 is 12.1 Å². The maximum absolute atomic E-state index is 12.5. The number of benzene rings is 1. The summed E-state index contributed by atoms with van der Waals surface area (Å²) >= 11 is 0. The molecule has 1 heterocycles. The van der Waals surface area contributed by atoms with Crippen LogP contribution in [-0.2, 0) is 21.2 Å². The molecule has 1 amide bonds. The normalized spacial score (nSPS) is 22.6. The number of hydrogen-bond acceptors (Lipinski definition) is 2. The van der Waals surface area contributed by atoms with Crippen LogP contribution in [0.15, 0.2) is 24.3 Å². The summed E-state index contributed by atoms with van der Waals surface area (Å²) in [7, 11) is 0. The van der Waals surface area contributed by atoms with Crippen molar-refractivity contribution in [3.63, 3.8) is 0 Å². The molecule has 1 aliphatic heterocycles. The van der Waals surface area contributed by atoms with Crippen molar-refractivity contribution in [2.75, 3.05) is 6.54 Å². The lowest BCUT2D eigenvalue weighted by atomic mass is 9.76. The Balaban J connectivity index is 2.35. The molecule has 1 aliphatic rings. The number of alkyl halides is 3. The molecule has 0 spiro atoms. The largest absolute Gasteiger partial charge is 0.481 e. The summed E-state index contributed by atoms with van der Waals surface area (Å²) in [6, 6.07) is 4.29. The zero-order valence-corrected chi connectivity index (χ0v) is 10.3. The third-order valence-corrected chi connectivity index (χ3v) is 3.44. The van der Waals surface area contributed by atoms with Crippen molar-refractivity contribution in [1.82, 2.24) is 5.32 Å². The molecule has 1 unspecified atom stereocenters. The van der Waals surface area contributed by atoms with Gasteiger partial charge in [0.05, 0.1) is 12.0 Å². The third kappa shape index (κ3) is 2.76. The minimum atomic E-state index is -4.44. The highest BCUT2D eigenvalue weighted by Crippen LogP contribution is 2.37. The molecule has 0 radical (unpaired) electrons. The fourth-order valence-corrected chi connectivity index (χ4v) is 2.43. The predicted octanol–water partition coefficient (Wildman–Crippen LogP) is 1.94. The molecule has 1 aromatic rings. The van der Waals surface area contributed by atoms with Crippen LogP contribution in [0.5, 0.6) is 0 Å². The first kappa shape index (κ1) is 14.4. The number of hydrogen-bond donors (Lipinski definition) is 2. The molecule has 7 heteroatoms. The Kier molecular flexibility index (Phi) is 3.45. The van der Waals surface area contributed by atoms with Gasteiger partial charge in [0, 0.05) is 18.4 Å². The second kappa shape index (κ2) is 4.81. The highest BCUT2D eigenvalue weighted by Gasteiger charge is 2.42. The summed E-state index contributed by atoms with van der Waals surface area (Å²) in [5.74, 6) is -1.40. The summed E-state index contributed by atoms with van der Waals surface area (Å²) < 4.78 is 37.5. The second-order valence-electron chi connectivity index (χ2n) is 4.88. The Morgan fingerprint density at radius 3 is 2.30 bits per heavy atom. The summed E-state index contributed by atoms with van der Waals surface area (Å²) in [5, 5.41) is 11.5. The molecular formula is C13H12F3NO3.